The summed E-state index contributed by atoms with van der Waals surface area (Å²) in [4.78, 5) is 17.0. The molecule has 0 aliphatic carbocycles. The van der Waals surface area contributed by atoms with Crippen molar-refractivity contribution < 1.29 is 13.2 Å². The number of hydrogen-bond donors (Lipinski definition) is 1. The summed E-state index contributed by atoms with van der Waals surface area (Å²) < 4.78 is 27.0. The first-order valence-electron chi connectivity index (χ1n) is 10.3. The summed E-state index contributed by atoms with van der Waals surface area (Å²) in [5, 5.41) is 3.86. The van der Waals surface area contributed by atoms with Gasteiger partial charge in [-0.15, -0.1) is 0 Å². The summed E-state index contributed by atoms with van der Waals surface area (Å²) >= 11 is 0. The van der Waals surface area contributed by atoms with Crippen molar-refractivity contribution in [3.8, 4) is 0 Å². The normalized spacial score (nSPS) is 15.2. The number of hydrogen-bond acceptors (Lipinski definition) is 4. The first-order chi connectivity index (χ1) is 14.5. The van der Waals surface area contributed by atoms with E-state index in [1.165, 1.54) is 0 Å². The molecule has 0 bridgehead atoms. The molecule has 156 valence electrons. The molecular formula is C23H25N3O3S. The van der Waals surface area contributed by atoms with Gasteiger partial charge in [-0.05, 0) is 61.2 Å². The Morgan fingerprint density at radius 3 is 2.50 bits per heavy atom. The predicted octanol–water partition coefficient (Wildman–Crippen LogP) is 3.98. The maximum atomic E-state index is 12.7. The van der Waals surface area contributed by atoms with E-state index >= 15 is 0 Å². The van der Waals surface area contributed by atoms with Crippen molar-refractivity contribution in [3.05, 3.63) is 66.4 Å². The molecule has 1 aliphatic heterocycles. The summed E-state index contributed by atoms with van der Waals surface area (Å²) in [5.74, 6) is -0.0867. The Kier molecular flexibility index (Phi) is 6.11. The van der Waals surface area contributed by atoms with Crippen LogP contribution < -0.4 is 5.32 Å². The second-order valence-electron chi connectivity index (χ2n) is 7.53. The molecule has 0 saturated carbocycles. The maximum absolute atomic E-state index is 12.7. The molecule has 0 atom stereocenters. The number of carbonyl (C=O) groups excluding carboxylic acids is 1. The zero-order valence-electron chi connectivity index (χ0n) is 16.8. The topological polar surface area (TPSA) is 79.4 Å². The number of benzene rings is 2. The molecule has 3 aromatic rings. The fourth-order valence-electron chi connectivity index (χ4n) is 3.77. The van der Waals surface area contributed by atoms with Crippen LogP contribution in [0.3, 0.4) is 0 Å². The zero-order chi connectivity index (χ0) is 21.0. The third-order valence-corrected chi connectivity index (χ3v) is 7.35. The van der Waals surface area contributed by atoms with Gasteiger partial charge in [-0.1, -0.05) is 24.6 Å². The Morgan fingerprint density at radius 2 is 1.73 bits per heavy atom. The highest BCUT2D eigenvalue weighted by atomic mass is 32.2. The van der Waals surface area contributed by atoms with Gasteiger partial charge >= 0.3 is 0 Å². The van der Waals surface area contributed by atoms with E-state index in [0.29, 0.717) is 30.8 Å². The highest BCUT2D eigenvalue weighted by Crippen LogP contribution is 2.23. The lowest BCUT2D eigenvalue weighted by Crippen LogP contribution is -2.35. The van der Waals surface area contributed by atoms with Gasteiger partial charge in [0, 0.05) is 31.1 Å². The molecule has 7 heteroatoms. The number of aryl methyl sites for hydroxylation is 1. The van der Waals surface area contributed by atoms with Crippen LogP contribution in [0.1, 0.15) is 31.2 Å². The van der Waals surface area contributed by atoms with Crippen LogP contribution in [0.5, 0.6) is 0 Å². The molecule has 0 unspecified atom stereocenters. The first kappa shape index (κ1) is 20.5. The maximum Gasteiger partial charge on any atom is 0.243 e. The van der Waals surface area contributed by atoms with Crippen LogP contribution in [0.25, 0.3) is 10.9 Å². The number of nitrogens with zero attached hydrogens (tertiary/aromatic N) is 2. The molecule has 1 saturated heterocycles. The number of carbonyl (C=O) groups is 1. The van der Waals surface area contributed by atoms with Crippen LogP contribution in [0.2, 0.25) is 0 Å². The van der Waals surface area contributed by atoms with Gasteiger partial charge in [0.05, 0.1) is 16.1 Å². The van der Waals surface area contributed by atoms with Gasteiger partial charge < -0.3 is 5.32 Å². The van der Waals surface area contributed by atoms with Gasteiger partial charge in [0.25, 0.3) is 0 Å². The minimum atomic E-state index is -3.42. The number of nitrogens with one attached hydrogen (secondary N) is 1. The molecule has 4 rings (SSSR count). The van der Waals surface area contributed by atoms with Gasteiger partial charge in [0.15, 0.2) is 0 Å². The number of rotatable bonds is 6. The van der Waals surface area contributed by atoms with E-state index in [4.69, 9.17) is 0 Å². The van der Waals surface area contributed by atoms with E-state index < -0.39 is 10.0 Å². The average molecular weight is 424 g/mol. The molecule has 2 aromatic carbocycles. The van der Waals surface area contributed by atoms with Crippen molar-refractivity contribution in [1.29, 1.82) is 0 Å². The second-order valence-corrected chi connectivity index (χ2v) is 9.47. The van der Waals surface area contributed by atoms with Crippen molar-refractivity contribution in [3.63, 3.8) is 0 Å². The van der Waals surface area contributed by atoms with Crippen molar-refractivity contribution in [1.82, 2.24) is 9.29 Å². The minimum Gasteiger partial charge on any atom is -0.325 e. The molecule has 1 aromatic heterocycles. The number of piperidine rings is 1. The van der Waals surface area contributed by atoms with Crippen LogP contribution in [-0.4, -0.2) is 36.7 Å². The number of pyridine rings is 1. The number of fused-ring (bicyclic) bond motifs is 1. The Balaban J connectivity index is 1.37. The Labute approximate surface area is 177 Å². The number of amides is 1. The molecule has 1 aliphatic rings. The lowest BCUT2D eigenvalue weighted by molar-refractivity contribution is -0.116. The zero-order valence-corrected chi connectivity index (χ0v) is 17.6. The highest BCUT2D eigenvalue weighted by Gasteiger charge is 2.25. The first-order valence-corrected chi connectivity index (χ1v) is 11.7. The number of anilines is 1. The van der Waals surface area contributed by atoms with Crippen molar-refractivity contribution >= 4 is 32.5 Å². The van der Waals surface area contributed by atoms with Gasteiger partial charge in [-0.2, -0.15) is 4.31 Å². The van der Waals surface area contributed by atoms with Crippen LogP contribution in [-0.2, 0) is 21.2 Å². The Hall–Kier alpha value is -2.77. The Bertz CT molecular complexity index is 1130. The largest absolute Gasteiger partial charge is 0.325 e. The van der Waals surface area contributed by atoms with E-state index in [1.54, 1.807) is 34.8 Å². The molecule has 1 amide bonds. The smallest absolute Gasteiger partial charge is 0.243 e. The van der Waals surface area contributed by atoms with E-state index in [0.717, 1.165) is 41.4 Å². The highest BCUT2D eigenvalue weighted by molar-refractivity contribution is 7.89. The number of sulfonamides is 1. The molecule has 1 N–H and O–H groups in total. The summed E-state index contributed by atoms with van der Waals surface area (Å²) in [6.07, 6.45) is 5.50. The third-order valence-electron chi connectivity index (χ3n) is 5.44. The second kappa shape index (κ2) is 8.93. The fraction of sp³-hybridized carbons (Fsp3) is 0.304. The van der Waals surface area contributed by atoms with Crippen molar-refractivity contribution in [2.45, 2.75) is 37.0 Å². The van der Waals surface area contributed by atoms with Gasteiger partial charge in [-0.3, -0.25) is 9.78 Å². The standard InChI is InChI=1S/C23H25N3O3S/c27-23(25-22-8-4-7-21-20(22)6-5-15-24-21)14-11-18-9-12-19(13-10-18)30(28,29)26-16-2-1-3-17-26/h4-10,12-13,15H,1-3,11,14,16-17H2,(H,25,27). The SMILES string of the molecule is O=C(CCc1ccc(S(=O)(=O)N2CCCCC2)cc1)Nc1cccc2ncccc12. The lowest BCUT2D eigenvalue weighted by atomic mass is 10.1. The summed E-state index contributed by atoms with van der Waals surface area (Å²) in [5.41, 5.74) is 2.51. The summed E-state index contributed by atoms with van der Waals surface area (Å²) in [6, 6.07) is 16.3. The fourth-order valence-corrected chi connectivity index (χ4v) is 5.28. The van der Waals surface area contributed by atoms with E-state index in [1.807, 2.05) is 30.3 Å². The predicted molar refractivity (Wildman–Crippen MR) is 118 cm³/mol. The van der Waals surface area contributed by atoms with E-state index in [-0.39, 0.29) is 5.91 Å². The van der Waals surface area contributed by atoms with E-state index in [9.17, 15) is 13.2 Å². The lowest BCUT2D eigenvalue weighted by Gasteiger charge is -2.25. The van der Waals surface area contributed by atoms with Crippen LogP contribution in [0.15, 0.2) is 65.7 Å². The van der Waals surface area contributed by atoms with Crippen LogP contribution >= 0.6 is 0 Å². The minimum absolute atomic E-state index is 0.0867. The molecule has 1 fully saturated rings. The van der Waals surface area contributed by atoms with Crippen molar-refractivity contribution in [2.75, 3.05) is 18.4 Å². The van der Waals surface area contributed by atoms with E-state index in [2.05, 4.69) is 10.3 Å². The van der Waals surface area contributed by atoms with Gasteiger partial charge in [0.2, 0.25) is 15.9 Å². The van der Waals surface area contributed by atoms with Gasteiger partial charge in [-0.25, -0.2) is 8.42 Å². The molecule has 0 spiro atoms. The van der Waals surface area contributed by atoms with Crippen LogP contribution in [0, 0.1) is 0 Å². The number of aromatic nitrogens is 1. The van der Waals surface area contributed by atoms with Crippen LogP contribution in [0.4, 0.5) is 5.69 Å². The summed E-state index contributed by atoms with van der Waals surface area (Å²) in [7, 11) is -3.42. The molecule has 6 nitrogen and oxygen atoms in total. The Morgan fingerprint density at radius 1 is 0.967 bits per heavy atom. The third kappa shape index (κ3) is 4.52. The van der Waals surface area contributed by atoms with Crippen molar-refractivity contribution in [2.24, 2.45) is 0 Å². The average Bonchev–Trinajstić information content (AvgIpc) is 2.79. The summed E-state index contributed by atoms with van der Waals surface area (Å²) in [6.45, 7) is 1.18. The quantitative estimate of drug-likeness (QED) is 0.650. The van der Waals surface area contributed by atoms with Gasteiger partial charge in [0.1, 0.15) is 0 Å². The molecule has 0 radical (unpaired) electrons. The molecular weight excluding hydrogens is 398 g/mol. The molecule has 2 heterocycles. The molecule has 30 heavy (non-hydrogen) atoms. The monoisotopic (exact) mass is 423 g/mol.